The predicted octanol–water partition coefficient (Wildman–Crippen LogP) is 4.68. The molecule has 1 saturated carbocycles. The smallest absolute Gasteiger partial charge is 0.337 e. The number of carboxylic acid groups (broad SMARTS) is 1. The second-order valence-electron chi connectivity index (χ2n) is 7.95. The fourth-order valence-corrected chi connectivity index (χ4v) is 4.88. The van der Waals surface area contributed by atoms with E-state index in [1.807, 2.05) is 27.3 Å². The Labute approximate surface area is 216 Å². The fourth-order valence-electron chi connectivity index (χ4n) is 3.30. The van der Waals surface area contributed by atoms with Gasteiger partial charge in [-0.2, -0.15) is 13.1 Å². The summed E-state index contributed by atoms with van der Waals surface area (Å²) in [5.41, 5.74) is -2.59. The maximum atomic E-state index is 15.0. The van der Waals surface area contributed by atoms with Crippen molar-refractivity contribution >= 4 is 56.0 Å². The summed E-state index contributed by atoms with van der Waals surface area (Å²) in [4.78, 5) is 15.4. The molecule has 0 radical (unpaired) electrons. The summed E-state index contributed by atoms with van der Waals surface area (Å²) in [7, 11) is -4.11. The summed E-state index contributed by atoms with van der Waals surface area (Å²) in [5.74, 6) is -7.34. The Morgan fingerprint density at radius 2 is 1.78 bits per heavy atom. The van der Waals surface area contributed by atoms with E-state index in [9.17, 15) is 35.9 Å². The van der Waals surface area contributed by atoms with Crippen LogP contribution < -0.4 is 14.8 Å². The van der Waals surface area contributed by atoms with Crippen LogP contribution in [0.2, 0.25) is 0 Å². The number of carboxylic acids is 1. The number of hydrogen-bond donors (Lipinski definition) is 4. The third-order valence-electron chi connectivity index (χ3n) is 5.18. The Morgan fingerprint density at radius 1 is 1.06 bits per heavy atom. The highest BCUT2D eigenvalue weighted by atomic mass is 127. The zero-order valence-electron chi connectivity index (χ0n) is 18.1. The monoisotopic (exact) mass is 636 g/mol. The number of aromatic carboxylic acids is 1. The van der Waals surface area contributed by atoms with Crippen molar-refractivity contribution in [2.45, 2.75) is 25.3 Å². The third-order valence-corrected chi connectivity index (χ3v) is 6.96. The predicted molar refractivity (Wildman–Crippen MR) is 131 cm³/mol. The number of carbonyl (C=O) groups is 1. The highest BCUT2D eigenvalue weighted by molar-refractivity contribution is 14.1. The van der Waals surface area contributed by atoms with Gasteiger partial charge in [0.05, 0.1) is 16.9 Å². The minimum Gasteiger partial charge on any atom is -0.478 e. The van der Waals surface area contributed by atoms with Gasteiger partial charge in [0, 0.05) is 22.2 Å². The van der Waals surface area contributed by atoms with E-state index in [4.69, 9.17) is 0 Å². The van der Waals surface area contributed by atoms with E-state index in [0.717, 1.165) is 24.4 Å². The van der Waals surface area contributed by atoms with Gasteiger partial charge in [-0.1, -0.05) is 0 Å². The number of hydrogen-bond acceptors (Lipinski definition) is 5. The lowest BCUT2D eigenvalue weighted by atomic mass is 10.00. The molecule has 0 unspecified atom stereocenters. The summed E-state index contributed by atoms with van der Waals surface area (Å²) in [6.45, 7) is 0. The quantitative estimate of drug-likeness (QED) is 0.200. The van der Waals surface area contributed by atoms with E-state index < -0.39 is 68.5 Å². The molecule has 190 valence electrons. The van der Waals surface area contributed by atoms with E-state index in [1.54, 1.807) is 0 Å². The van der Waals surface area contributed by atoms with Gasteiger partial charge in [0.25, 0.3) is 0 Å². The molecule has 8 nitrogen and oxygen atoms in total. The van der Waals surface area contributed by atoms with Gasteiger partial charge >= 0.3 is 16.2 Å². The Balaban J connectivity index is 1.67. The Morgan fingerprint density at radius 3 is 2.42 bits per heavy atom. The lowest BCUT2D eigenvalue weighted by molar-refractivity contribution is 0.0697. The molecule has 0 aliphatic heterocycles. The molecule has 2 aromatic carbocycles. The highest BCUT2D eigenvalue weighted by Gasteiger charge is 2.28. The number of benzene rings is 2. The summed E-state index contributed by atoms with van der Waals surface area (Å²) >= 11 is 1.84. The van der Waals surface area contributed by atoms with Crippen molar-refractivity contribution in [1.29, 1.82) is 0 Å². The number of pyridine rings is 1. The molecular weight excluding hydrogens is 619 g/mol. The minimum absolute atomic E-state index is 0.250. The summed E-state index contributed by atoms with van der Waals surface area (Å²) in [6, 6.07) is 5.50. The summed E-state index contributed by atoms with van der Waals surface area (Å²) < 4.78 is 88.0. The number of rotatable bonds is 9. The van der Waals surface area contributed by atoms with E-state index in [-0.39, 0.29) is 17.3 Å². The average Bonchev–Trinajstić information content (AvgIpc) is 3.60. The first kappa shape index (κ1) is 26.1. The first-order chi connectivity index (χ1) is 16.9. The van der Waals surface area contributed by atoms with Crippen LogP contribution >= 0.6 is 22.6 Å². The van der Waals surface area contributed by atoms with Crippen LogP contribution in [0.15, 0.2) is 36.5 Å². The van der Waals surface area contributed by atoms with Gasteiger partial charge in [-0.3, -0.25) is 4.72 Å². The molecule has 4 rings (SSSR count). The van der Waals surface area contributed by atoms with Crippen LogP contribution in [0.4, 0.5) is 34.8 Å². The molecule has 14 heteroatoms. The Kier molecular flexibility index (Phi) is 7.38. The topological polar surface area (TPSA) is 120 Å². The van der Waals surface area contributed by atoms with Gasteiger partial charge in [-0.05, 0) is 76.9 Å². The third kappa shape index (κ3) is 5.87. The second-order valence-corrected chi connectivity index (χ2v) is 10.6. The van der Waals surface area contributed by atoms with Gasteiger partial charge in [-0.25, -0.2) is 27.3 Å². The number of nitrogens with one attached hydrogen (secondary N) is 3. The maximum absolute atomic E-state index is 15.0. The van der Waals surface area contributed by atoms with Crippen molar-refractivity contribution in [2.75, 3.05) is 10.0 Å². The second kappa shape index (κ2) is 10.2. The van der Waals surface area contributed by atoms with Crippen molar-refractivity contribution in [3.8, 4) is 0 Å². The normalized spacial score (nSPS) is 13.5. The molecular formula is C22H17F4IN4O4S. The average molecular weight is 636 g/mol. The van der Waals surface area contributed by atoms with Crippen LogP contribution in [0.25, 0.3) is 0 Å². The van der Waals surface area contributed by atoms with Crippen LogP contribution in [0.3, 0.4) is 0 Å². The molecule has 1 aliphatic rings. The minimum atomic E-state index is -4.11. The fraction of sp³-hybridized carbons (Fsp3) is 0.182. The van der Waals surface area contributed by atoms with E-state index in [2.05, 4.69) is 15.0 Å². The van der Waals surface area contributed by atoms with E-state index in [0.29, 0.717) is 16.4 Å². The molecule has 1 aliphatic carbocycles. The van der Waals surface area contributed by atoms with Crippen molar-refractivity contribution in [3.63, 3.8) is 0 Å². The van der Waals surface area contributed by atoms with Crippen molar-refractivity contribution in [3.05, 3.63) is 80.1 Å². The Hall–Kier alpha value is -2.98. The zero-order valence-corrected chi connectivity index (χ0v) is 21.1. The number of halogens is 5. The van der Waals surface area contributed by atoms with Crippen molar-refractivity contribution in [2.24, 2.45) is 0 Å². The largest absolute Gasteiger partial charge is 0.478 e. The Bertz CT molecular complexity index is 1470. The molecule has 0 amide bonds. The van der Waals surface area contributed by atoms with E-state index in [1.165, 1.54) is 12.1 Å². The number of aromatic nitrogens is 1. The number of anilines is 3. The molecule has 1 aromatic heterocycles. The van der Waals surface area contributed by atoms with Crippen LogP contribution in [0.1, 0.15) is 34.3 Å². The molecule has 0 saturated heterocycles. The zero-order chi connectivity index (χ0) is 26.2. The lowest BCUT2D eigenvalue weighted by Gasteiger charge is -2.16. The van der Waals surface area contributed by atoms with Crippen molar-refractivity contribution in [1.82, 2.24) is 9.71 Å². The molecule has 0 atom stereocenters. The molecule has 3 aromatic rings. The van der Waals surface area contributed by atoms with Gasteiger partial charge in [0.15, 0.2) is 23.3 Å². The van der Waals surface area contributed by atoms with Crippen LogP contribution in [0.5, 0.6) is 0 Å². The standard InChI is InChI=1S/C22H17F4IN4O4S/c23-15-9-12(27)1-4-16(15)29-20-14(22(32)33)8-11(17(24)19(20)26)7-10-5-6-28-21(18(10)25)31-36(34,35)30-13-2-3-13/h1,4-6,8-9,13,29-30H,2-3,7H2,(H,28,31)(H,32,33). The number of nitrogens with zero attached hydrogens (tertiary/aromatic N) is 1. The molecule has 0 spiro atoms. The molecule has 36 heavy (non-hydrogen) atoms. The highest BCUT2D eigenvalue weighted by Crippen LogP contribution is 2.32. The van der Waals surface area contributed by atoms with Gasteiger partial charge in [-0.15, -0.1) is 0 Å². The molecule has 0 bridgehead atoms. The van der Waals surface area contributed by atoms with E-state index >= 15 is 0 Å². The molecule has 1 fully saturated rings. The van der Waals surface area contributed by atoms with Crippen molar-refractivity contribution < 1.29 is 35.9 Å². The van der Waals surface area contributed by atoms with Crippen LogP contribution in [-0.2, 0) is 16.6 Å². The summed E-state index contributed by atoms with van der Waals surface area (Å²) in [6.07, 6.45) is 1.74. The van der Waals surface area contributed by atoms with Gasteiger partial charge < -0.3 is 10.4 Å². The van der Waals surface area contributed by atoms with Crippen LogP contribution in [0, 0.1) is 26.8 Å². The van der Waals surface area contributed by atoms with Gasteiger partial charge in [0.1, 0.15) is 5.82 Å². The lowest BCUT2D eigenvalue weighted by Crippen LogP contribution is -2.32. The first-order valence-corrected chi connectivity index (χ1v) is 12.9. The first-order valence-electron chi connectivity index (χ1n) is 10.3. The van der Waals surface area contributed by atoms with Crippen LogP contribution in [-0.4, -0.2) is 30.5 Å². The SMILES string of the molecule is O=C(O)c1cc(Cc2ccnc(NS(=O)(=O)NC3CC3)c2F)c(F)c(F)c1Nc1ccc(I)cc1F. The molecule has 4 N–H and O–H groups in total. The maximum Gasteiger partial charge on any atom is 0.337 e. The summed E-state index contributed by atoms with van der Waals surface area (Å²) in [5, 5.41) is 11.8. The molecule has 1 heterocycles. The van der Waals surface area contributed by atoms with Gasteiger partial charge in [0.2, 0.25) is 0 Å².